The molecule has 0 saturated carbocycles. The van der Waals surface area contributed by atoms with Gasteiger partial charge in [-0.3, -0.25) is 20.4 Å². The summed E-state index contributed by atoms with van der Waals surface area (Å²) in [7, 11) is 0. The van der Waals surface area contributed by atoms with Gasteiger partial charge < -0.3 is 9.47 Å². The van der Waals surface area contributed by atoms with Crippen molar-refractivity contribution in [1.29, 1.82) is 0 Å². The quantitative estimate of drug-likeness (QED) is 0.562. The second kappa shape index (κ2) is 10.9. The van der Waals surface area contributed by atoms with Crippen LogP contribution in [-0.4, -0.2) is 24.5 Å². The zero-order chi connectivity index (χ0) is 21.4. The van der Waals surface area contributed by atoms with E-state index in [-0.39, 0.29) is 12.7 Å². The van der Waals surface area contributed by atoms with Crippen LogP contribution in [0.1, 0.15) is 56.0 Å². The number of amides is 2. The molecule has 0 aromatic heterocycles. The summed E-state index contributed by atoms with van der Waals surface area (Å²) in [5.41, 5.74) is 6.15. The van der Waals surface area contributed by atoms with Crippen molar-refractivity contribution in [2.24, 2.45) is 0 Å². The molecule has 156 valence electrons. The van der Waals surface area contributed by atoms with Crippen LogP contribution < -0.4 is 20.3 Å². The highest BCUT2D eigenvalue weighted by atomic mass is 79.9. The molecule has 0 fully saturated rings. The molecule has 1 unspecified atom stereocenters. The van der Waals surface area contributed by atoms with Crippen LogP contribution in [0.5, 0.6) is 11.5 Å². The van der Waals surface area contributed by atoms with E-state index in [0.717, 1.165) is 16.5 Å². The van der Waals surface area contributed by atoms with E-state index in [4.69, 9.17) is 9.47 Å². The van der Waals surface area contributed by atoms with E-state index in [1.807, 2.05) is 38.1 Å². The van der Waals surface area contributed by atoms with Gasteiger partial charge in [-0.1, -0.05) is 48.0 Å². The minimum atomic E-state index is -0.477. The maximum absolute atomic E-state index is 12.5. The first kappa shape index (κ1) is 22.7. The fourth-order valence-electron chi connectivity index (χ4n) is 2.65. The zero-order valence-corrected chi connectivity index (χ0v) is 18.7. The van der Waals surface area contributed by atoms with Crippen LogP contribution >= 0.6 is 15.9 Å². The summed E-state index contributed by atoms with van der Waals surface area (Å²) in [4.78, 5) is 24.6. The second-order valence-electron chi connectivity index (χ2n) is 6.95. The first-order chi connectivity index (χ1) is 13.8. The van der Waals surface area contributed by atoms with Gasteiger partial charge in [0.2, 0.25) is 0 Å². The van der Waals surface area contributed by atoms with Gasteiger partial charge in [0, 0.05) is 4.47 Å². The van der Waals surface area contributed by atoms with Crippen molar-refractivity contribution in [2.45, 2.75) is 46.1 Å². The molecule has 0 spiro atoms. The van der Waals surface area contributed by atoms with Crippen molar-refractivity contribution in [3.05, 3.63) is 58.1 Å². The van der Waals surface area contributed by atoms with Crippen LogP contribution in [0.25, 0.3) is 0 Å². The van der Waals surface area contributed by atoms with Gasteiger partial charge in [-0.15, -0.1) is 0 Å². The Morgan fingerprint density at radius 1 is 1.03 bits per heavy atom. The molecule has 2 aromatic carbocycles. The van der Waals surface area contributed by atoms with Gasteiger partial charge in [0.05, 0.1) is 11.7 Å². The van der Waals surface area contributed by atoms with Crippen LogP contribution in [0.2, 0.25) is 0 Å². The van der Waals surface area contributed by atoms with Crippen molar-refractivity contribution in [2.75, 3.05) is 6.61 Å². The topological polar surface area (TPSA) is 76.7 Å². The number of nitrogens with one attached hydrogen (secondary N) is 2. The maximum Gasteiger partial charge on any atom is 0.276 e. The van der Waals surface area contributed by atoms with Gasteiger partial charge in [0.25, 0.3) is 11.8 Å². The maximum atomic E-state index is 12.5. The molecule has 2 rings (SSSR count). The van der Waals surface area contributed by atoms with Crippen molar-refractivity contribution < 1.29 is 19.1 Å². The predicted octanol–water partition coefficient (Wildman–Crippen LogP) is 4.59. The highest BCUT2D eigenvalue weighted by Gasteiger charge is 2.16. The van der Waals surface area contributed by atoms with E-state index in [1.54, 1.807) is 18.2 Å². The summed E-state index contributed by atoms with van der Waals surface area (Å²) in [6, 6.07) is 12.8. The van der Waals surface area contributed by atoms with Gasteiger partial charge in [-0.25, -0.2) is 0 Å². The van der Waals surface area contributed by atoms with Crippen molar-refractivity contribution in [3.63, 3.8) is 0 Å². The summed E-state index contributed by atoms with van der Waals surface area (Å²) in [5.74, 6) is 0.496. The predicted molar refractivity (Wildman–Crippen MR) is 116 cm³/mol. The number of hydrogen-bond donors (Lipinski definition) is 2. The number of rotatable bonds is 8. The summed E-state index contributed by atoms with van der Waals surface area (Å²) in [6.07, 6.45) is 0.882. The lowest BCUT2D eigenvalue weighted by atomic mass is 9.98. The monoisotopic (exact) mass is 462 g/mol. The molecule has 29 heavy (non-hydrogen) atoms. The average Bonchev–Trinajstić information content (AvgIpc) is 2.71. The molecular weight excluding hydrogens is 436 g/mol. The normalized spacial score (nSPS) is 11.7. The van der Waals surface area contributed by atoms with E-state index in [2.05, 4.69) is 40.6 Å². The minimum Gasteiger partial charge on any atom is -0.490 e. The summed E-state index contributed by atoms with van der Waals surface area (Å²) in [6.45, 7) is 7.75. The van der Waals surface area contributed by atoms with Crippen LogP contribution in [0.4, 0.5) is 0 Å². The van der Waals surface area contributed by atoms with Gasteiger partial charge in [-0.2, -0.15) is 0 Å². The third-order valence-electron chi connectivity index (χ3n) is 4.29. The van der Waals surface area contributed by atoms with Crippen LogP contribution in [0.3, 0.4) is 0 Å². The Bertz CT molecular complexity index is 854. The Morgan fingerprint density at radius 3 is 2.45 bits per heavy atom. The molecule has 1 atom stereocenters. The number of hydrogen-bond acceptors (Lipinski definition) is 4. The smallest absolute Gasteiger partial charge is 0.276 e. The zero-order valence-electron chi connectivity index (χ0n) is 17.1. The minimum absolute atomic E-state index is 0.0868. The third-order valence-corrected chi connectivity index (χ3v) is 4.78. The SMILES string of the molecule is CCC(C)c1ccccc1OCC(=O)NNC(=O)c1cc(Br)ccc1OC(C)C. The summed E-state index contributed by atoms with van der Waals surface area (Å²) < 4.78 is 12.1. The molecule has 0 aliphatic rings. The molecule has 6 nitrogen and oxygen atoms in total. The lowest BCUT2D eigenvalue weighted by Crippen LogP contribution is -2.44. The number of benzene rings is 2. The molecule has 0 aliphatic carbocycles. The third kappa shape index (κ3) is 6.78. The Hall–Kier alpha value is -2.54. The Balaban J connectivity index is 1.95. The molecule has 0 radical (unpaired) electrons. The van der Waals surface area contributed by atoms with Gasteiger partial charge >= 0.3 is 0 Å². The first-order valence-corrected chi connectivity index (χ1v) is 10.4. The van der Waals surface area contributed by atoms with Gasteiger partial charge in [-0.05, 0) is 56.0 Å². The van der Waals surface area contributed by atoms with E-state index >= 15 is 0 Å². The number of halogens is 1. The Labute approximate surface area is 180 Å². The Morgan fingerprint density at radius 2 is 1.76 bits per heavy atom. The molecule has 0 heterocycles. The van der Waals surface area contributed by atoms with Crippen molar-refractivity contribution >= 4 is 27.7 Å². The molecule has 7 heteroatoms. The highest BCUT2D eigenvalue weighted by Crippen LogP contribution is 2.28. The van der Waals surface area contributed by atoms with Crippen LogP contribution in [-0.2, 0) is 4.79 Å². The van der Waals surface area contributed by atoms with Gasteiger partial charge in [0.1, 0.15) is 11.5 Å². The molecule has 0 bridgehead atoms. The van der Waals surface area contributed by atoms with Crippen molar-refractivity contribution in [3.8, 4) is 11.5 Å². The van der Waals surface area contributed by atoms with E-state index in [1.165, 1.54) is 0 Å². The van der Waals surface area contributed by atoms with Crippen LogP contribution in [0, 0.1) is 0 Å². The fourth-order valence-corrected chi connectivity index (χ4v) is 3.01. The van der Waals surface area contributed by atoms with E-state index in [0.29, 0.717) is 23.0 Å². The molecular formula is C22H27BrN2O4. The highest BCUT2D eigenvalue weighted by molar-refractivity contribution is 9.10. The van der Waals surface area contributed by atoms with E-state index in [9.17, 15) is 9.59 Å². The van der Waals surface area contributed by atoms with Crippen LogP contribution in [0.15, 0.2) is 46.9 Å². The van der Waals surface area contributed by atoms with Gasteiger partial charge in [0.15, 0.2) is 6.61 Å². The Kier molecular flexibility index (Phi) is 8.51. The van der Waals surface area contributed by atoms with E-state index < -0.39 is 11.8 Å². The largest absolute Gasteiger partial charge is 0.490 e. The lowest BCUT2D eigenvalue weighted by molar-refractivity contribution is -0.123. The number of ether oxygens (including phenoxy) is 2. The fraction of sp³-hybridized carbons (Fsp3) is 0.364. The molecule has 2 amide bonds. The number of carbonyl (C=O) groups is 2. The molecule has 0 aliphatic heterocycles. The molecule has 0 saturated heterocycles. The van der Waals surface area contributed by atoms with Crippen molar-refractivity contribution in [1.82, 2.24) is 10.9 Å². The molecule has 2 aromatic rings. The lowest BCUT2D eigenvalue weighted by Gasteiger charge is -2.16. The first-order valence-electron chi connectivity index (χ1n) is 9.58. The average molecular weight is 463 g/mol. The number of carbonyl (C=O) groups excluding carboxylic acids is 2. The standard InChI is InChI=1S/C22H27BrN2O4/c1-5-15(4)17-8-6-7-9-19(17)28-13-21(26)24-25-22(27)18-12-16(23)10-11-20(18)29-14(2)3/h6-12,14-15H,5,13H2,1-4H3,(H,24,26)(H,25,27). The number of para-hydroxylation sites is 1. The summed E-state index contributed by atoms with van der Waals surface area (Å²) in [5, 5.41) is 0. The second-order valence-corrected chi connectivity index (χ2v) is 7.86. The summed E-state index contributed by atoms with van der Waals surface area (Å²) >= 11 is 3.34. The number of hydrazine groups is 1. The molecule has 2 N–H and O–H groups in total.